The molecule has 0 saturated heterocycles. The SMILES string of the molecule is CCCCCCCCCCCCCCCCCC(=O)O[C@H](COC(=O)CCCCCCCCCCCCC(C)C)COP(=O)(O)OC[C@@H](O)COP(=O)(O)OC[C@@H](COC(=O)CCCCCCCCC)OC(=O)CCCCCCCCCCCC(C)C. The van der Waals surface area contributed by atoms with Crippen molar-refractivity contribution in [2.75, 3.05) is 39.6 Å². The van der Waals surface area contributed by atoms with Gasteiger partial charge in [0.25, 0.3) is 0 Å². The van der Waals surface area contributed by atoms with E-state index in [-0.39, 0.29) is 25.7 Å². The number of rotatable bonds is 67. The Morgan fingerprint density at radius 1 is 0.310 bits per heavy atom. The highest BCUT2D eigenvalue weighted by Crippen LogP contribution is 2.45. The summed E-state index contributed by atoms with van der Waals surface area (Å²) in [5.74, 6) is -0.635. The van der Waals surface area contributed by atoms with Crippen LogP contribution in [0.2, 0.25) is 0 Å². The van der Waals surface area contributed by atoms with Gasteiger partial charge in [0.1, 0.15) is 19.3 Å². The molecule has 0 saturated carbocycles. The molecule has 0 heterocycles. The Bertz CT molecular complexity index is 1700. The van der Waals surface area contributed by atoms with Crippen LogP contribution in [0.4, 0.5) is 0 Å². The number of carbonyl (C=O) groups is 4. The molecule has 5 atom stereocenters. The number of phosphoric ester groups is 2. The van der Waals surface area contributed by atoms with Gasteiger partial charge < -0.3 is 33.8 Å². The van der Waals surface area contributed by atoms with Crippen LogP contribution in [-0.4, -0.2) is 96.7 Å². The lowest BCUT2D eigenvalue weighted by Gasteiger charge is -2.21. The summed E-state index contributed by atoms with van der Waals surface area (Å²) in [5.41, 5.74) is 0. The molecule has 87 heavy (non-hydrogen) atoms. The summed E-state index contributed by atoms with van der Waals surface area (Å²) in [6.07, 6.45) is 44.5. The van der Waals surface area contributed by atoms with Crippen molar-refractivity contribution in [3.8, 4) is 0 Å². The summed E-state index contributed by atoms with van der Waals surface area (Å²) in [5, 5.41) is 10.6. The van der Waals surface area contributed by atoms with Crippen LogP contribution in [0.5, 0.6) is 0 Å². The van der Waals surface area contributed by atoms with Crippen LogP contribution in [0.15, 0.2) is 0 Å². The highest BCUT2D eigenvalue weighted by atomic mass is 31.2. The molecule has 17 nitrogen and oxygen atoms in total. The molecule has 0 aliphatic rings. The topological polar surface area (TPSA) is 237 Å². The molecule has 0 amide bonds. The second kappa shape index (κ2) is 60.3. The van der Waals surface area contributed by atoms with Crippen molar-refractivity contribution in [3.63, 3.8) is 0 Å². The van der Waals surface area contributed by atoms with E-state index in [1.807, 2.05) is 0 Å². The van der Waals surface area contributed by atoms with E-state index < -0.39 is 97.5 Å². The first-order chi connectivity index (χ1) is 41.9. The van der Waals surface area contributed by atoms with Gasteiger partial charge in [-0.05, 0) is 37.5 Å². The molecule has 0 spiro atoms. The predicted octanol–water partition coefficient (Wildman–Crippen LogP) is 19.2. The first-order valence-corrected chi connectivity index (χ1v) is 38.5. The zero-order valence-corrected chi connectivity index (χ0v) is 58.1. The number of carbonyl (C=O) groups excluding carboxylic acids is 4. The molecule has 0 aromatic carbocycles. The summed E-state index contributed by atoms with van der Waals surface area (Å²) in [7, 11) is -9.89. The number of aliphatic hydroxyl groups excluding tert-OH is 1. The van der Waals surface area contributed by atoms with E-state index in [2.05, 4.69) is 41.5 Å². The number of hydrogen-bond donors (Lipinski definition) is 3. The van der Waals surface area contributed by atoms with Crippen molar-refractivity contribution in [1.29, 1.82) is 0 Å². The quantitative estimate of drug-likeness (QED) is 0.0222. The monoisotopic (exact) mass is 1280 g/mol. The van der Waals surface area contributed by atoms with Crippen LogP contribution < -0.4 is 0 Å². The molecule has 0 aromatic heterocycles. The average Bonchev–Trinajstić information content (AvgIpc) is 3.54. The van der Waals surface area contributed by atoms with Gasteiger partial charge in [0.2, 0.25) is 0 Å². The van der Waals surface area contributed by atoms with E-state index in [9.17, 15) is 43.2 Å². The molecular weight excluding hydrogens is 1150 g/mol. The highest BCUT2D eigenvalue weighted by Gasteiger charge is 2.30. The molecule has 0 aliphatic heterocycles. The Kier molecular flexibility index (Phi) is 59.0. The fraction of sp³-hybridized carbons (Fsp3) is 0.941. The summed E-state index contributed by atoms with van der Waals surface area (Å²) in [6, 6.07) is 0. The number of phosphoric acid groups is 2. The number of ether oxygens (including phenoxy) is 4. The summed E-state index contributed by atoms with van der Waals surface area (Å²) < 4.78 is 68.1. The number of unbranched alkanes of at least 4 members (excludes halogenated alkanes) is 37. The molecule has 0 aliphatic carbocycles. The maximum atomic E-state index is 13.0. The van der Waals surface area contributed by atoms with E-state index in [0.29, 0.717) is 25.7 Å². The molecule has 0 fully saturated rings. The van der Waals surface area contributed by atoms with Gasteiger partial charge in [-0.15, -0.1) is 0 Å². The van der Waals surface area contributed by atoms with Crippen LogP contribution in [0.3, 0.4) is 0 Å². The summed E-state index contributed by atoms with van der Waals surface area (Å²) in [6.45, 7) is 9.47. The van der Waals surface area contributed by atoms with Gasteiger partial charge in [0.15, 0.2) is 12.2 Å². The molecule has 516 valence electrons. The van der Waals surface area contributed by atoms with Crippen LogP contribution in [-0.2, 0) is 65.4 Å². The number of esters is 4. The van der Waals surface area contributed by atoms with E-state index in [4.69, 9.17) is 37.0 Å². The van der Waals surface area contributed by atoms with Crippen LogP contribution in [0.25, 0.3) is 0 Å². The maximum absolute atomic E-state index is 13.0. The Labute approximate surface area is 530 Å². The van der Waals surface area contributed by atoms with Gasteiger partial charge in [-0.25, -0.2) is 9.13 Å². The molecule has 0 radical (unpaired) electrons. The average molecular weight is 1280 g/mol. The minimum atomic E-state index is -4.95. The van der Waals surface area contributed by atoms with Gasteiger partial charge in [0, 0.05) is 25.7 Å². The van der Waals surface area contributed by atoms with Crippen molar-refractivity contribution >= 4 is 39.5 Å². The number of hydrogen-bond acceptors (Lipinski definition) is 15. The smallest absolute Gasteiger partial charge is 0.462 e. The van der Waals surface area contributed by atoms with Gasteiger partial charge in [-0.2, -0.15) is 0 Å². The molecule has 0 bridgehead atoms. The van der Waals surface area contributed by atoms with Gasteiger partial charge in [-0.3, -0.25) is 37.3 Å². The fourth-order valence-electron chi connectivity index (χ4n) is 10.2. The van der Waals surface area contributed by atoms with Crippen molar-refractivity contribution in [1.82, 2.24) is 0 Å². The van der Waals surface area contributed by atoms with Gasteiger partial charge in [-0.1, -0.05) is 292 Å². The zero-order chi connectivity index (χ0) is 64.3. The molecule has 0 rings (SSSR count). The minimum absolute atomic E-state index is 0.105. The standard InChI is InChI=1S/C68H132O17P2/c1-7-9-11-13-15-16-17-18-19-20-21-28-34-40-46-52-67(72)85-64(57-79-66(71)51-45-39-33-27-23-22-25-31-36-42-48-60(3)4)59-83-87(76,77)81-55-62(69)54-80-86(74,75)82-58-63(56-78-65(70)50-44-38-30-14-12-10-8-2)84-68(73)53-47-41-35-29-24-26-32-37-43-49-61(5)6/h60-64,69H,7-59H2,1-6H3,(H,74,75)(H,76,77)/t62-,63+,64+/m0/s1. The third-order valence-corrected chi connectivity index (χ3v) is 17.6. The van der Waals surface area contributed by atoms with Gasteiger partial charge in [0.05, 0.1) is 26.4 Å². The lowest BCUT2D eigenvalue weighted by molar-refractivity contribution is -0.161. The summed E-state index contributed by atoms with van der Waals surface area (Å²) >= 11 is 0. The molecular formula is C68H132O17P2. The van der Waals surface area contributed by atoms with Crippen molar-refractivity contribution in [3.05, 3.63) is 0 Å². The maximum Gasteiger partial charge on any atom is 0.472 e. The Hall–Kier alpha value is -1.94. The Morgan fingerprint density at radius 2 is 0.529 bits per heavy atom. The van der Waals surface area contributed by atoms with E-state index in [0.717, 1.165) is 115 Å². The van der Waals surface area contributed by atoms with E-state index in [1.165, 1.54) is 148 Å². The third kappa shape index (κ3) is 62.6. The molecule has 19 heteroatoms. The molecule has 0 aromatic rings. The third-order valence-electron chi connectivity index (χ3n) is 15.7. The van der Waals surface area contributed by atoms with Crippen LogP contribution >= 0.6 is 15.6 Å². The molecule has 3 N–H and O–H groups in total. The first kappa shape index (κ1) is 85.1. The van der Waals surface area contributed by atoms with Crippen molar-refractivity contribution < 1.29 is 80.2 Å². The highest BCUT2D eigenvalue weighted by molar-refractivity contribution is 7.47. The largest absolute Gasteiger partial charge is 0.472 e. The Balaban J connectivity index is 5.22. The van der Waals surface area contributed by atoms with E-state index >= 15 is 0 Å². The second-order valence-electron chi connectivity index (χ2n) is 25.5. The predicted molar refractivity (Wildman–Crippen MR) is 349 cm³/mol. The first-order valence-electron chi connectivity index (χ1n) is 35.5. The van der Waals surface area contributed by atoms with Crippen molar-refractivity contribution in [2.24, 2.45) is 11.8 Å². The summed E-state index contributed by atoms with van der Waals surface area (Å²) in [4.78, 5) is 72.3. The second-order valence-corrected chi connectivity index (χ2v) is 28.4. The van der Waals surface area contributed by atoms with E-state index in [1.54, 1.807) is 0 Å². The van der Waals surface area contributed by atoms with Gasteiger partial charge >= 0.3 is 39.5 Å². The lowest BCUT2D eigenvalue weighted by atomic mass is 10.0. The fourth-order valence-corrected chi connectivity index (χ4v) is 11.8. The zero-order valence-electron chi connectivity index (χ0n) is 56.3. The Morgan fingerprint density at radius 3 is 0.782 bits per heavy atom. The normalized spacial score (nSPS) is 14.2. The molecule has 2 unspecified atom stereocenters. The number of aliphatic hydroxyl groups is 1. The van der Waals surface area contributed by atoms with Crippen LogP contribution in [0.1, 0.15) is 343 Å². The van der Waals surface area contributed by atoms with Crippen molar-refractivity contribution in [2.45, 2.75) is 362 Å². The lowest BCUT2D eigenvalue weighted by Crippen LogP contribution is -2.30. The minimum Gasteiger partial charge on any atom is -0.462 e. The van der Waals surface area contributed by atoms with Crippen LogP contribution in [0, 0.1) is 11.8 Å².